The summed E-state index contributed by atoms with van der Waals surface area (Å²) in [4.78, 5) is 10.00. The largest absolute Gasteiger partial charge is 0.487 e. The number of aromatic nitrogens is 2. The van der Waals surface area contributed by atoms with Gasteiger partial charge in [-0.2, -0.15) is 0 Å². The van der Waals surface area contributed by atoms with Crippen LogP contribution in [0.2, 0.25) is 0 Å². The number of rotatable bonds is 5. The van der Waals surface area contributed by atoms with E-state index >= 15 is 0 Å². The van der Waals surface area contributed by atoms with Crippen molar-refractivity contribution >= 4 is 22.2 Å². The molecule has 1 heterocycles. The van der Waals surface area contributed by atoms with E-state index in [0.717, 1.165) is 11.5 Å². The van der Waals surface area contributed by atoms with Gasteiger partial charge in [0.1, 0.15) is 18.1 Å². The predicted octanol–water partition coefficient (Wildman–Crippen LogP) is 1.31. The standard InChI is InChI=1S/C9H9N5O3S/c10-11-9-8(12-13-18-9)5-17-7-3-1-6(2-4-7)14(15)16/h1-4,11H,5,10H2. The maximum atomic E-state index is 10.5. The second-order valence-corrected chi connectivity index (χ2v) is 3.99. The first-order valence-corrected chi connectivity index (χ1v) is 5.63. The summed E-state index contributed by atoms with van der Waals surface area (Å²) in [6, 6.07) is 5.79. The van der Waals surface area contributed by atoms with Crippen LogP contribution in [0.1, 0.15) is 5.69 Å². The van der Waals surface area contributed by atoms with Gasteiger partial charge in [0, 0.05) is 23.7 Å². The van der Waals surface area contributed by atoms with E-state index in [1.807, 2.05) is 0 Å². The topological polar surface area (TPSA) is 116 Å². The van der Waals surface area contributed by atoms with Crippen molar-refractivity contribution in [3.05, 3.63) is 40.1 Å². The summed E-state index contributed by atoms with van der Waals surface area (Å²) in [5.74, 6) is 5.78. The van der Waals surface area contributed by atoms with Crippen molar-refractivity contribution in [2.24, 2.45) is 5.84 Å². The number of ether oxygens (including phenoxy) is 1. The monoisotopic (exact) mass is 267 g/mol. The number of non-ortho nitro benzene ring substituents is 1. The number of nitrogens with zero attached hydrogens (tertiary/aromatic N) is 3. The Morgan fingerprint density at radius 2 is 2.17 bits per heavy atom. The molecule has 2 aromatic rings. The molecule has 9 heteroatoms. The highest BCUT2D eigenvalue weighted by molar-refractivity contribution is 7.10. The van der Waals surface area contributed by atoms with E-state index in [1.165, 1.54) is 24.3 Å². The highest BCUT2D eigenvalue weighted by atomic mass is 32.1. The number of nitrogens with two attached hydrogens (primary N) is 1. The van der Waals surface area contributed by atoms with E-state index in [1.54, 1.807) is 0 Å². The number of nitrogens with one attached hydrogen (secondary N) is 1. The fourth-order valence-electron chi connectivity index (χ4n) is 1.23. The molecule has 0 amide bonds. The van der Waals surface area contributed by atoms with Crippen molar-refractivity contribution < 1.29 is 9.66 Å². The number of hydrazine groups is 1. The summed E-state index contributed by atoms with van der Waals surface area (Å²) in [5.41, 5.74) is 3.06. The van der Waals surface area contributed by atoms with Crippen LogP contribution in [0.15, 0.2) is 24.3 Å². The summed E-state index contributed by atoms with van der Waals surface area (Å²) in [6.45, 7) is 0.188. The molecule has 0 saturated carbocycles. The number of benzene rings is 1. The average molecular weight is 267 g/mol. The van der Waals surface area contributed by atoms with Crippen molar-refractivity contribution in [1.82, 2.24) is 9.59 Å². The molecule has 0 spiro atoms. The minimum absolute atomic E-state index is 0.0157. The summed E-state index contributed by atoms with van der Waals surface area (Å²) >= 11 is 1.12. The first kappa shape index (κ1) is 12.2. The molecular weight excluding hydrogens is 258 g/mol. The van der Waals surface area contributed by atoms with E-state index in [2.05, 4.69) is 15.0 Å². The number of nitro groups is 1. The lowest BCUT2D eigenvalue weighted by Crippen LogP contribution is -2.08. The normalized spacial score (nSPS) is 10.1. The highest BCUT2D eigenvalue weighted by Gasteiger charge is 2.08. The molecule has 0 fully saturated rings. The van der Waals surface area contributed by atoms with Crippen LogP contribution in [0.25, 0.3) is 0 Å². The number of hydrogen-bond donors (Lipinski definition) is 2. The average Bonchev–Trinajstić information content (AvgIpc) is 2.84. The molecule has 1 aromatic heterocycles. The lowest BCUT2D eigenvalue weighted by Gasteiger charge is -2.04. The Morgan fingerprint density at radius 3 is 2.78 bits per heavy atom. The molecule has 0 saturated heterocycles. The third-order valence-corrected chi connectivity index (χ3v) is 2.81. The van der Waals surface area contributed by atoms with Crippen LogP contribution >= 0.6 is 11.5 Å². The molecule has 0 bridgehead atoms. The number of anilines is 1. The van der Waals surface area contributed by atoms with Gasteiger partial charge in [0.05, 0.1) is 4.92 Å². The van der Waals surface area contributed by atoms with Gasteiger partial charge in [-0.05, 0) is 12.1 Å². The molecule has 94 valence electrons. The second kappa shape index (κ2) is 5.38. The van der Waals surface area contributed by atoms with E-state index in [4.69, 9.17) is 10.6 Å². The second-order valence-electron chi connectivity index (χ2n) is 3.23. The molecule has 3 N–H and O–H groups in total. The zero-order valence-corrected chi connectivity index (χ0v) is 9.88. The van der Waals surface area contributed by atoms with Gasteiger partial charge in [0.25, 0.3) is 5.69 Å². The summed E-state index contributed by atoms with van der Waals surface area (Å²) in [5, 5.41) is 14.9. The van der Waals surface area contributed by atoms with E-state index in [-0.39, 0.29) is 12.3 Å². The molecule has 18 heavy (non-hydrogen) atoms. The lowest BCUT2D eigenvalue weighted by molar-refractivity contribution is -0.384. The smallest absolute Gasteiger partial charge is 0.269 e. The Hall–Kier alpha value is -2.26. The first-order chi connectivity index (χ1) is 8.70. The lowest BCUT2D eigenvalue weighted by atomic mass is 10.3. The van der Waals surface area contributed by atoms with Gasteiger partial charge in [-0.15, -0.1) is 5.10 Å². The Morgan fingerprint density at radius 1 is 1.44 bits per heavy atom. The fourth-order valence-corrected chi connectivity index (χ4v) is 1.71. The van der Waals surface area contributed by atoms with Crippen molar-refractivity contribution in [2.75, 3.05) is 5.43 Å². The molecular formula is C9H9N5O3S. The zero-order valence-electron chi connectivity index (χ0n) is 9.07. The Bertz CT molecular complexity index is 541. The van der Waals surface area contributed by atoms with Gasteiger partial charge in [0.15, 0.2) is 5.00 Å². The van der Waals surface area contributed by atoms with E-state index < -0.39 is 4.92 Å². The van der Waals surface area contributed by atoms with Gasteiger partial charge < -0.3 is 10.2 Å². The Labute approximate surface area is 106 Å². The summed E-state index contributed by atoms with van der Waals surface area (Å²) in [7, 11) is 0. The van der Waals surface area contributed by atoms with E-state index in [0.29, 0.717) is 16.4 Å². The van der Waals surface area contributed by atoms with Gasteiger partial charge in [-0.3, -0.25) is 10.1 Å². The zero-order chi connectivity index (χ0) is 13.0. The highest BCUT2D eigenvalue weighted by Crippen LogP contribution is 2.21. The van der Waals surface area contributed by atoms with Crippen molar-refractivity contribution in [1.29, 1.82) is 0 Å². The van der Waals surface area contributed by atoms with Crippen molar-refractivity contribution in [3.8, 4) is 5.75 Å². The molecule has 0 aliphatic carbocycles. The number of nitrogen functional groups attached to an aromatic ring is 1. The third kappa shape index (κ3) is 2.70. The van der Waals surface area contributed by atoms with Crippen LogP contribution in [0.4, 0.5) is 10.7 Å². The van der Waals surface area contributed by atoms with Crippen LogP contribution in [-0.2, 0) is 6.61 Å². The van der Waals surface area contributed by atoms with Crippen LogP contribution in [0.5, 0.6) is 5.75 Å². The van der Waals surface area contributed by atoms with E-state index in [9.17, 15) is 10.1 Å². The predicted molar refractivity (Wildman–Crippen MR) is 65.1 cm³/mol. The maximum absolute atomic E-state index is 10.5. The number of hydrogen-bond acceptors (Lipinski definition) is 8. The Balaban J connectivity index is 2.00. The molecule has 2 rings (SSSR count). The maximum Gasteiger partial charge on any atom is 0.269 e. The van der Waals surface area contributed by atoms with Gasteiger partial charge in [-0.1, -0.05) is 4.49 Å². The molecule has 0 atom stereocenters. The number of nitro benzene ring substituents is 1. The van der Waals surface area contributed by atoms with Crippen molar-refractivity contribution in [2.45, 2.75) is 6.61 Å². The molecule has 0 unspecified atom stereocenters. The van der Waals surface area contributed by atoms with Crippen molar-refractivity contribution in [3.63, 3.8) is 0 Å². The molecule has 1 aromatic carbocycles. The Kier molecular flexibility index (Phi) is 3.65. The molecule has 0 aliphatic heterocycles. The van der Waals surface area contributed by atoms with Crippen LogP contribution in [-0.4, -0.2) is 14.5 Å². The molecule has 0 radical (unpaired) electrons. The SMILES string of the molecule is NNc1snnc1COc1ccc([N+](=O)[O-])cc1. The molecule has 8 nitrogen and oxygen atoms in total. The third-order valence-electron chi connectivity index (χ3n) is 2.11. The first-order valence-electron chi connectivity index (χ1n) is 4.86. The van der Waals surface area contributed by atoms with Crippen LogP contribution in [0.3, 0.4) is 0 Å². The minimum Gasteiger partial charge on any atom is -0.487 e. The van der Waals surface area contributed by atoms with Gasteiger partial charge >= 0.3 is 0 Å². The fraction of sp³-hybridized carbons (Fsp3) is 0.111. The van der Waals surface area contributed by atoms with Crippen LogP contribution < -0.4 is 16.0 Å². The summed E-state index contributed by atoms with van der Waals surface area (Å²) in [6.07, 6.45) is 0. The van der Waals surface area contributed by atoms with Crippen LogP contribution in [0, 0.1) is 10.1 Å². The molecule has 0 aliphatic rings. The minimum atomic E-state index is -0.468. The van der Waals surface area contributed by atoms with Gasteiger partial charge in [-0.25, -0.2) is 5.84 Å². The summed E-state index contributed by atoms with van der Waals surface area (Å²) < 4.78 is 9.14. The quantitative estimate of drug-likeness (QED) is 0.476. The van der Waals surface area contributed by atoms with Gasteiger partial charge in [0.2, 0.25) is 0 Å².